The fraction of sp³-hybridized carbons (Fsp3) is 0.667. The van der Waals surface area contributed by atoms with Crippen molar-refractivity contribution >= 4 is 11.3 Å². The molecule has 3 N–H and O–H groups in total. The zero-order valence-corrected chi connectivity index (χ0v) is 8.66. The Labute approximate surface area is 82.4 Å². The maximum absolute atomic E-state index is 5.94. The van der Waals surface area contributed by atoms with Crippen molar-refractivity contribution in [2.45, 2.75) is 31.8 Å². The van der Waals surface area contributed by atoms with Crippen molar-refractivity contribution in [1.82, 2.24) is 10.3 Å². The molecule has 0 saturated heterocycles. The van der Waals surface area contributed by atoms with Gasteiger partial charge in [0, 0.05) is 29.7 Å². The standard InChI is InChI=1S/C9H15N3S/c1-7-4-12-8(13-7)5-11-6-9(10)2-3-9/h4,11H,2-3,5-6,10H2,1H3. The van der Waals surface area contributed by atoms with Crippen molar-refractivity contribution in [3.05, 3.63) is 16.1 Å². The average molecular weight is 197 g/mol. The molecule has 0 aliphatic heterocycles. The Morgan fingerprint density at radius 1 is 1.69 bits per heavy atom. The van der Waals surface area contributed by atoms with E-state index in [0.717, 1.165) is 30.9 Å². The summed E-state index contributed by atoms with van der Waals surface area (Å²) in [5.74, 6) is 0. The Balaban J connectivity index is 1.73. The minimum absolute atomic E-state index is 0.103. The van der Waals surface area contributed by atoms with Crippen LogP contribution >= 0.6 is 11.3 Å². The Morgan fingerprint density at radius 2 is 2.46 bits per heavy atom. The lowest BCUT2D eigenvalue weighted by molar-refractivity contribution is 0.568. The molecule has 1 heterocycles. The van der Waals surface area contributed by atoms with Crippen LogP contribution in [0.4, 0.5) is 0 Å². The highest BCUT2D eigenvalue weighted by Crippen LogP contribution is 2.31. The second-order valence-corrected chi connectivity index (χ2v) is 5.15. The summed E-state index contributed by atoms with van der Waals surface area (Å²) in [6.07, 6.45) is 4.24. The van der Waals surface area contributed by atoms with Crippen LogP contribution < -0.4 is 11.1 Å². The average Bonchev–Trinajstić information content (AvgIpc) is 2.65. The molecule has 0 spiro atoms. The molecule has 1 aromatic heterocycles. The first-order chi connectivity index (χ1) is 6.18. The number of rotatable bonds is 4. The summed E-state index contributed by atoms with van der Waals surface area (Å²) in [7, 11) is 0. The van der Waals surface area contributed by atoms with E-state index in [1.165, 1.54) is 4.88 Å². The SMILES string of the molecule is Cc1cnc(CNCC2(N)CC2)s1. The van der Waals surface area contributed by atoms with Gasteiger partial charge in [-0.3, -0.25) is 0 Å². The van der Waals surface area contributed by atoms with Gasteiger partial charge in [-0.25, -0.2) is 4.98 Å². The number of hydrogen-bond donors (Lipinski definition) is 2. The topological polar surface area (TPSA) is 50.9 Å². The van der Waals surface area contributed by atoms with Gasteiger partial charge in [-0.05, 0) is 19.8 Å². The molecule has 13 heavy (non-hydrogen) atoms. The summed E-state index contributed by atoms with van der Waals surface area (Å²) in [5, 5.41) is 4.49. The molecule has 0 radical (unpaired) electrons. The molecule has 0 bridgehead atoms. The lowest BCUT2D eigenvalue weighted by Gasteiger charge is -2.08. The lowest BCUT2D eigenvalue weighted by atomic mass is 10.3. The van der Waals surface area contributed by atoms with E-state index in [0.29, 0.717) is 0 Å². The molecule has 1 aliphatic carbocycles. The van der Waals surface area contributed by atoms with Gasteiger partial charge in [0.15, 0.2) is 0 Å². The smallest absolute Gasteiger partial charge is 0.107 e. The lowest BCUT2D eigenvalue weighted by Crippen LogP contribution is -2.35. The van der Waals surface area contributed by atoms with E-state index < -0.39 is 0 Å². The molecule has 72 valence electrons. The first kappa shape index (κ1) is 9.12. The molecule has 2 rings (SSSR count). The largest absolute Gasteiger partial charge is 0.324 e. The third kappa shape index (κ3) is 2.49. The molecular formula is C9H15N3S. The predicted octanol–water partition coefficient (Wildman–Crippen LogP) is 1.03. The molecule has 4 heteroatoms. The molecule has 1 aromatic rings. The third-order valence-electron chi connectivity index (χ3n) is 2.31. The van der Waals surface area contributed by atoms with Crippen molar-refractivity contribution in [1.29, 1.82) is 0 Å². The van der Waals surface area contributed by atoms with E-state index in [2.05, 4.69) is 17.2 Å². The summed E-state index contributed by atoms with van der Waals surface area (Å²) in [6, 6.07) is 0. The molecule has 3 nitrogen and oxygen atoms in total. The highest BCUT2D eigenvalue weighted by molar-refractivity contribution is 7.11. The fourth-order valence-corrected chi connectivity index (χ4v) is 2.00. The molecule has 1 aliphatic rings. The molecular weight excluding hydrogens is 182 g/mol. The van der Waals surface area contributed by atoms with Crippen LogP contribution in [0.2, 0.25) is 0 Å². The number of thiazole rings is 1. The summed E-state index contributed by atoms with van der Waals surface area (Å²) in [4.78, 5) is 5.54. The number of nitrogens with two attached hydrogens (primary N) is 1. The fourth-order valence-electron chi connectivity index (χ4n) is 1.24. The Bertz CT molecular complexity index is 291. The first-order valence-electron chi connectivity index (χ1n) is 4.59. The number of hydrogen-bond acceptors (Lipinski definition) is 4. The van der Waals surface area contributed by atoms with Gasteiger partial charge in [-0.1, -0.05) is 0 Å². The van der Waals surface area contributed by atoms with Crippen molar-refractivity contribution in [2.75, 3.05) is 6.54 Å². The molecule has 1 fully saturated rings. The van der Waals surface area contributed by atoms with Gasteiger partial charge in [0.2, 0.25) is 0 Å². The Morgan fingerprint density at radius 3 is 3.00 bits per heavy atom. The van der Waals surface area contributed by atoms with Crippen LogP contribution in [0.1, 0.15) is 22.7 Å². The van der Waals surface area contributed by atoms with Gasteiger partial charge in [-0.15, -0.1) is 11.3 Å². The van der Waals surface area contributed by atoms with E-state index in [1.54, 1.807) is 11.3 Å². The Kier molecular flexibility index (Phi) is 2.36. The highest BCUT2D eigenvalue weighted by Gasteiger charge is 2.37. The van der Waals surface area contributed by atoms with Gasteiger partial charge >= 0.3 is 0 Å². The van der Waals surface area contributed by atoms with Crippen molar-refractivity contribution < 1.29 is 0 Å². The second-order valence-electron chi connectivity index (χ2n) is 3.83. The molecule has 1 saturated carbocycles. The first-order valence-corrected chi connectivity index (χ1v) is 5.41. The summed E-state index contributed by atoms with van der Waals surface area (Å²) < 4.78 is 0. The maximum atomic E-state index is 5.94. The highest BCUT2D eigenvalue weighted by atomic mass is 32.1. The maximum Gasteiger partial charge on any atom is 0.107 e. The van der Waals surface area contributed by atoms with E-state index in [4.69, 9.17) is 5.73 Å². The Hall–Kier alpha value is -0.450. The molecule has 0 amide bonds. The van der Waals surface area contributed by atoms with Crippen LogP contribution in [0.3, 0.4) is 0 Å². The zero-order valence-electron chi connectivity index (χ0n) is 7.84. The van der Waals surface area contributed by atoms with Crippen molar-refractivity contribution in [3.8, 4) is 0 Å². The van der Waals surface area contributed by atoms with Crippen LogP contribution in [0.25, 0.3) is 0 Å². The minimum Gasteiger partial charge on any atom is -0.324 e. The monoisotopic (exact) mass is 197 g/mol. The summed E-state index contributed by atoms with van der Waals surface area (Å²) >= 11 is 1.74. The van der Waals surface area contributed by atoms with E-state index in [1.807, 2.05) is 6.20 Å². The number of aryl methyl sites for hydroxylation is 1. The summed E-state index contributed by atoms with van der Waals surface area (Å²) in [6.45, 7) is 3.86. The van der Waals surface area contributed by atoms with Crippen LogP contribution in [0, 0.1) is 6.92 Å². The van der Waals surface area contributed by atoms with Crippen LogP contribution in [-0.2, 0) is 6.54 Å². The predicted molar refractivity (Wildman–Crippen MR) is 54.7 cm³/mol. The van der Waals surface area contributed by atoms with Crippen LogP contribution in [0.15, 0.2) is 6.20 Å². The van der Waals surface area contributed by atoms with Crippen LogP contribution in [-0.4, -0.2) is 17.1 Å². The normalized spacial score (nSPS) is 18.9. The third-order valence-corrected chi connectivity index (χ3v) is 3.23. The minimum atomic E-state index is 0.103. The van der Waals surface area contributed by atoms with Gasteiger partial charge < -0.3 is 11.1 Å². The van der Waals surface area contributed by atoms with Crippen molar-refractivity contribution in [2.24, 2.45) is 5.73 Å². The van der Waals surface area contributed by atoms with Gasteiger partial charge in [0.05, 0.1) is 0 Å². The number of nitrogens with one attached hydrogen (secondary N) is 1. The van der Waals surface area contributed by atoms with Gasteiger partial charge in [-0.2, -0.15) is 0 Å². The number of nitrogens with zero attached hydrogens (tertiary/aromatic N) is 1. The molecule has 0 unspecified atom stereocenters. The van der Waals surface area contributed by atoms with E-state index in [9.17, 15) is 0 Å². The van der Waals surface area contributed by atoms with Gasteiger partial charge in [0.25, 0.3) is 0 Å². The quantitative estimate of drug-likeness (QED) is 0.758. The molecule has 0 aromatic carbocycles. The molecule has 0 atom stereocenters. The zero-order chi connectivity index (χ0) is 9.31. The van der Waals surface area contributed by atoms with E-state index in [-0.39, 0.29) is 5.54 Å². The number of aromatic nitrogens is 1. The van der Waals surface area contributed by atoms with Crippen molar-refractivity contribution in [3.63, 3.8) is 0 Å². The second kappa shape index (κ2) is 3.36. The summed E-state index contributed by atoms with van der Waals surface area (Å²) in [5.41, 5.74) is 6.04. The van der Waals surface area contributed by atoms with E-state index >= 15 is 0 Å². The van der Waals surface area contributed by atoms with Gasteiger partial charge in [0.1, 0.15) is 5.01 Å². The van der Waals surface area contributed by atoms with Crippen LogP contribution in [0.5, 0.6) is 0 Å².